The molecule has 1 atom stereocenters. The van der Waals surface area contributed by atoms with Crippen molar-refractivity contribution in [2.75, 3.05) is 0 Å². The fourth-order valence-corrected chi connectivity index (χ4v) is 2.26. The fourth-order valence-electron chi connectivity index (χ4n) is 1.33. The molecule has 0 saturated carbocycles. The molecule has 0 saturated heterocycles. The molecule has 4 heteroatoms. The van der Waals surface area contributed by atoms with Crippen LogP contribution >= 0.6 is 22.9 Å². The molecule has 1 aromatic carbocycles. The quantitative estimate of drug-likeness (QED) is 0.873. The zero-order valence-electron chi connectivity index (χ0n) is 8.27. The second-order valence-electron chi connectivity index (χ2n) is 3.34. The van der Waals surface area contributed by atoms with E-state index in [0.717, 1.165) is 15.6 Å². The van der Waals surface area contributed by atoms with Crippen molar-refractivity contribution in [2.45, 2.75) is 13.0 Å². The van der Waals surface area contributed by atoms with Gasteiger partial charge in [0, 0.05) is 16.1 Å². The molecule has 2 nitrogen and oxygen atoms in total. The number of hydrogen-bond donors (Lipinski definition) is 1. The smallest absolute Gasteiger partial charge is 0.114 e. The minimum absolute atomic E-state index is 0.152. The summed E-state index contributed by atoms with van der Waals surface area (Å²) in [5.74, 6) is 0. The fraction of sp³-hybridized carbons (Fsp3) is 0.182. The van der Waals surface area contributed by atoms with Crippen molar-refractivity contribution in [1.82, 2.24) is 4.98 Å². The standard InChI is InChI=1S/C11H11ClN2S/c1-7-6-14-11(15-7)10(13)8-2-4-9(12)5-3-8/h2-6,10H,13H2,1H3. The van der Waals surface area contributed by atoms with Gasteiger partial charge in [-0.15, -0.1) is 11.3 Å². The lowest BCUT2D eigenvalue weighted by atomic mass is 10.1. The lowest BCUT2D eigenvalue weighted by Gasteiger charge is -2.08. The second kappa shape index (κ2) is 4.31. The molecular formula is C11H11ClN2S. The maximum Gasteiger partial charge on any atom is 0.114 e. The lowest BCUT2D eigenvalue weighted by Crippen LogP contribution is -2.11. The van der Waals surface area contributed by atoms with Gasteiger partial charge in [0.05, 0.1) is 6.04 Å². The SMILES string of the molecule is Cc1cnc(C(N)c2ccc(Cl)cc2)s1. The van der Waals surface area contributed by atoms with Gasteiger partial charge in [-0.05, 0) is 24.6 Å². The van der Waals surface area contributed by atoms with Crippen molar-refractivity contribution in [3.63, 3.8) is 0 Å². The Morgan fingerprint density at radius 1 is 1.33 bits per heavy atom. The summed E-state index contributed by atoms with van der Waals surface area (Å²) in [5, 5.41) is 1.66. The zero-order valence-corrected chi connectivity index (χ0v) is 9.85. The predicted octanol–water partition coefficient (Wildman–Crippen LogP) is 3.15. The second-order valence-corrected chi connectivity index (χ2v) is 5.04. The van der Waals surface area contributed by atoms with Crippen molar-refractivity contribution in [1.29, 1.82) is 0 Å². The summed E-state index contributed by atoms with van der Waals surface area (Å²) in [7, 11) is 0. The van der Waals surface area contributed by atoms with Gasteiger partial charge in [0.1, 0.15) is 5.01 Å². The molecule has 0 amide bonds. The molecule has 0 spiro atoms. The van der Waals surface area contributed by atoms with E-state index < -0.39 is 0 Å². The largest absolute Gasteiger partial charge is 0.318 e. The van der Waals surface area contributed by atoms with Gasteiger partial charge in [-0.3, -0.25) is 0 Å². The molecule has 0 radical (unpaired) electrons. The predicted molar refractivity (Wildman–Crippen MR) is 64.3 cm³/mol. The van der Waals surface area contributed by atoms with Crippen LogP contribution in [0.5, 0.6) is 0 Å². The van der Waals surface area contributed by atoms with E-state index in [0.29, 0.717) is 0 Å². The normalized spacial score (nSPS) is 12.7. The van der Waals surface area contributed by atoms with Crippen LogP contribution in [-0.4, -0.2) is 4.98 Å². The molecule has 0 bridgehead atoms. The average Bonchev–Trinajstić information content (AvgIpc) is 2.65. The Bertz CT molecular complexity index is 450. The Hall–Kier alpha value is -0.900. The van der Waals surface area contributed by atoms with Gasteiger partial charge in [-0.1, -0.05) is 23.7 Å². The van der Waals surface area contributed by atoms with Crippen molar-refractivity contribution < 1.29 is 0 Å². The number of aromatic nitrogens is 1. The van der Waals surface area contributed by atoms with Crippen molar-refractivity contribution in [2.24, 2.45) is 5.73 Å². The van der Waals surface area contributed by atoms with Gasteiger partial charge < -0.3 is 5.73 Å². The summed E-state index contributed by atoms with van der Waals surface area (Å²) in [6.07, 6.45) is 1.84. The van der Waals surface area contributed by atoms with Gasteiger partial charge in [-0.25, -0.2) is 4.98 Å². The number of hydrogen-bond acceptors (Lipinski definition) is 3. The van der Waals surface area contributed by atoms with E-state index in [1.807, 2.05) is 37.4 Å². The Balaban J connectivity index is 2.28. The van der Waals surface area contributed by atoms with E-state index in [1.54, 1.807) is 11.3 Å². The van der Waals surface area contributed by atoms with Crippen LogP contribution in [0.4, 0.5) is 0 Å². The number of nitrogens with two attached hydrogens (primary N) is 1. The maximum atomic E-state index is 6.08. The van der Waals surface area contributed by atoms with Crippen LogP contribution in [0.2, 0.25) is 5.02 Å². The summed E-state index contributed by atoms with van der Waals surface area (Å²) in [4.78, 5) is 5.45. The third-order valence-corrected chi connectivity index (χ3v) is 3.38. The Morgan fingerprint density at radius 2 is 2.00 bits per heavy atom. The van der Waals surface area contributed by atoms with Crippen LogP contribution in [0.3, 0.4) is 0 Å². The van der Waals surface area contributed by atoms with E-state index in [1.165, 1.54) is 4.88 Å². The van der Waals surface area contributed by atoms with Crippen molar-refractivity contribution >= 4 is 22.9 Å². The third-order valence-electron chi connectivity index (χ3n) is 2.13. The molecule has 1 heterocycles. The van der Waals surface area contributed by atoms with Crippen LogP contribution < -0.4 is 5.73 Å². The van der Waals surface area contributed by atoms with Gasteiger partial charge in [0.25, 0.3) is 0 Å². The van der Waals surface area contributed by atoms with Gasteiger partial charge >= 0.3 is 0 Å². The lowest BCUT2D eigenvalue weighted by molar-refractivity contribution is 0.857. The van der Waals surface area contributed by atoms with Crippen LogP contribution in [0.25, 0.3) is 0 Å². The number of aryl methyl sites for hydroxylation is 1. The average molecular weight is 239 g/mol. The van der Waals surface area contributed by atoms with Crippen LogP contribution in [-0.2, 0) is 0 Å². The van der Waals surface area contributed by atoms with Crippen molar-refractivity contribution in [3.8, 4) is 0 Å². The molecule has 1 aromatic heterocycles. The minimum Gasteiger partial charge on any atom is -0.318 e. The van der Waals surface area contributed by atoms with E-state index in [2.05, 4.69) is 4.98 Å². The highest BCUT2D eigenvalue weighted by atomic mass is 35.5. The maximum absolute atomic E-state index is 6.08. The van der Waals surface area contributed by atoms with E-state index in [9.17, 15) is 0 Å². The monoisotopic (exact) mass is 238 g/mol. The zero-order chi connectivity index (χ0) is 10.8. The van der Waals surface area contributed by atoms with Crippen molar-refractivity contribution in [3.05, 3.63) is 50.9 Å². The first-order chi connectivity index (χ1) is 7.16. The molecule has 0 aliphatic carbocycles. The summed E-state index contributed by atoms with van der Waals surface area (Å²) < 4.78 is 0. The Kier molecular flexibility index (Phi) is 3.05. The highest BCUT2D eigenvalue weighted by Crippen LogP contribution is 2.24. The Morgan fingerprint density at radius 3 is 2.53 bits per heavy atom. The summed E-state index contributed by atoms with van der Waals surface area (Å²) in [6.45, 7) is 2.02. The highest BCUT2D eigenvalue weighted by molar-refractivity contribution is 7.11. The molecule has 2 N–H and O–H groups in total. The van der Waals surface area contributed by atoms with Crippen LogP contribution in [0.1, 0.15) is 21.5 Å². The number of benzene rings is 1. The first-order valence-electron chi connectivity index (χ1n) is 4.60. The molecule has 78 valence electrons. The number of thiazole rings is 1. The summed E-state index contributed by atoms with van der Waals surface area (Å²) in [6, 6.07) is 7.41. The summed E-state index contributed by atoms with van der Waals surface area (Å²) >= 11 is 7.44. The topological polar surface area (TPSA) is 38.9 Å². The molecular weight excluding hydrogens is 228 g/mol. The number of nitrogens with zero attached hydrogens (tertiary/aromatic N) is 1. The molecule has 0 fully saturated rings. The molecule has 0 aliphatic heterocycles. The van der Waals surface area contributed by atoms with E-state index in [-0.39, 0.29) is 6.04 Å². The van der Waals surface area contributed by atoms with Gasteiger partial charge in [0.15, 0.2) is 0 Å². The van der Waals surface area contributed by atoms with E-state index >= 15 is 0 Å². The molecule has 2 aromatic rings. The minimum atomic E-state index is -0.152. The first-order valence-corrected chi connectivity index (χ1v) is 5.79. The van der Waals surface area contributed by atoms with E-state index in [4.69, 9.17) is 17.3 Å². The molecule has 2 rings (SSSR count). The molecule has 0 aliphatic rings. The molecule has 1 unspecified atom stereocenters. The van der Waals surface area contributed by atoms with Gasteiger partial charge in [0.2, 0.25) is 0 Å². The van der Waals surface area contributed by atoms with Gasteiger partial charge in [-0.2, -0.15) is 0 Å². The third kappa shape index (κ3) is 2.37. The number of rotatable bonds is 2. The highest BCUT2D eigenvalue weighted by Gasteiger charge is 2.11. The molecule has 15 heavy (non-hydrogen) atoms. The van der Waals surface area contributed by atoms with Crippen LogP contribution in [0.15, 0.2) is 30.5 Å². The van der Waals surface area contributed by atoms with Crippen LogP contribution in [0, 0.1) is 6.92 Å². The summed E-state index contributed by atoms with van der Waals surface area (Å²) in [5.41, 5.74) is 7.12. The first kappa shape index (κ1) is 10.6. The number of halogens is 1. The Labute approximate surface area is 97.7 Å².